The van der Waals surface area contributed by atoms with E-state index < -0.39 is 11.7 Å². The molecule has 0 fully saturated rings. The number of allylic oxidation sites excluding steroid dienone is 1. The SMILES string of the molecule is FC(F)(F)C(=Cc1ccccc1)c1ccc(Cl)cc1. The molecular formula is C15H10ClF3. The molecule has 0 N–H and O–H groups in total. The average molecular weight is 283 g/mol. The minimum atomic E-state index is -4.41. The van der Waals surface area contributed by atoms with Crippen molar-refractivity contribution in [1.29, 1.82) is 0 Å². The van der Waals surface area contributed by atoms with Crippen molar-refractivity contribution in [2.75, 3.05) is 0 Å². The van der Waals surface area contributed by atoms with Crippen LogP contribution in [0.3, 0.4) is 0 Å². The van der Waals surface area contributed by atoms with Gasteiger partial charge >= 0.3 is 6.18 Å². The number of alkyl halides is 3. The third kappa shape index (κ3) is 3.61. The van der Waals surface area contributed by atoms with Crippen LogP contribution in [0, 0.1) is 0 Å². The van der Waals surface area contributed by atoms with Crippen LogP contribution in [0.2, 0.25) is 5.02 Å². The first-order valence-corrected chi connectivity index (χ1v) is 5.94. The molecule has 0 bridgehead atoms. The van der Waals surface area contributed by atoms with Crippen molar-refractivity contribution < 1.29 is 13.2 Å². The predicted octanol–water partition coefficient (Wildman–Crippen LogP) is 5.44. The molecular weight excluding hydrogens is 273 g/mol. The standard InChI is InChI=1S/C15H10ClF3/c16-13-8-6-12(7-9-13)14(15(17,18)19)10-11-4-2-1-3-5-11/h1-10H. The molecule has 19 heavy (non-hydrogen) atoms. The second-order valence-corrected chi connectivity index (χ2v) is 4.41. The quantitative estimate of drug-likeness (QED) is 0.643. The molecule has 98 valence electrons. The van der Waals surface area contributed by atoms with E-state index in [4.69, 9.17) is 11.6 Å². The molecule has 0 saturated carbocycles. The Labute approximate surface area is 114 Å². The lowest BCUT2D eigenvalue weighted by atomic mass is 10.0. The maximum Gasteiger partial charge on any atom is 0.417 e. The van der Waals surface area contributed by atoms with Gasteiger partial charge in [0.05, 0.1) is 5.57 Å². The molecule has 4 heteroatoms. The largest absolute Gasteiger partial charge is 0.417 e. The Morgan fingerprint density at radius 3 is 2.00 bits per heavy atom. The number of halogens is 4. The highest BCUT2D eigenvalue weighted by atomic mass is 35.5. The first-order valence-electron chi connectivity index (χ1n) is 5.57. The molecule has 0 amide bonds. The van der Waals surface area contributed by atoms with Crippen LogP contribution in [0.15, 0.2) is 54.6 Å². The molecule has 0 unspecified atom stereocenters. The molecule has 0 radical (unpaired) electrons. The summed E-state index contributed by atoms with van der Waals surface area (Å²) in [6.07, 6.45) is -3.28. The van der Waals surface area contributed by atoms with Crippen LogP contribution in [0.1, 0.15) is 11.1 Å². The minimum absolute atomic E-state index is 0.0979. The van der Waals surface area contributed by atoms with Gasteiger partial charge in [0.25, 0.3) is 0 Å². The van der Waals surface area contributed by atoms with Crippen LogP contribution in [0.25, 0.3) is 11.6 Å². The third-order valence-corrected chi connectivity index (χ3v) is 2.82. The molecule has 0 nitrogen and oxygen atoms in total. The van der Waals surface area contributed by atoms with Crippen LogP contribution >= 0.6 is 11.6 Å². The van der Waals surface area contributed by atoms with Gasteiger partial charge in [0.2, 0.25) is 0 Å². The van der Waals surface area contributed by atoms with Crippen LogP contribution in [0.5, 0.6) is 0 Å². The first kappa shape index (κ1) is 13.7. The lowest BCUT2D eigenvalue weighted by molar-refractivity contribution is -0.0683. The maximum atomic E-state index is 13.1. The van der Waals surface area contributed by atoms with Gasteiger partial charge in [-0.15, -0.1) is 0 Å². The highest BCUT2D eigenvalue weighted by Crippen LogP contribution is 2.35. The van der Waals surface area contributed by atoms with E-state index in [1.807, 2.05) is 0 Å². The van der Waals surface area contributed by atoms with E-state index in [0.717, 1.165) is 6.08 Å². The maximum absolute atomic E-state index is 13.1. The van der Waals surface area contributed by atoms with Gasteiger partial charge in [0.15, 0.2) is 0 Å². The number of hydrogen-bond donors (Lipinski definition) is 0. The highest BCUT2D eigenvalue weighted by molar-refractivity contribution is 6.30. The molecule has 2 rings (SSSR count). The van der Waals surface area contributed by atoms with Gasteiger partial charge in [-0.2, -0.15) is 13.2 Å². The van der Waals surface area contributed by atoms with E-state index in [0.29, 0.717) is 10.6 Å². The van der Waals surface area contributed by atoms with E-state index in [1.165, 1.54) is 24.3 Å². The molecule has 0 spiro atoms. The summed E-state index contributed by atoms with van der Waals surface area (Å²) in [5.74, 6) is 0. The topological polar surface area (TPSA) is 0 Å². The second-order valence-electron chi connectivity index (χ2n) is 3.97. The van der Waals surface area contributed by atoms with Gasteiger partial charge in [-0.1, -0.05) is 54.1 Å². The van der Waals surface area contributed by atoms with E-state index in [-0.39, 0.29) is 5.56 Å². The van der Waals surface area contributed by atoms with E-state index in [1.54, 1.807) is 30.3 Å². The molecule has 0 atom stereocenters. The third-order valence-electron chi connectivity index (χ3n) is 2.57. The lowest BCUT2D eigenvalue weighted by Crippen LogP contribution is -2.10. The smallest absolute Gasteiger partial charge is 0.166 e. The van der Waals surface area contributed by atoms with Crippen molar-refractivity contribution in [3.8, 4) is 0 Å². The van der Waals surface area contributed by atoms with Crippen molar-refractivity contribution in [3.05, 3.63) is 70.7 Å². The zero-order valence-corrected chi connectivity index (χ0v) is 10.5. The fourth-order valence-electron chi connectivity index (χ4n) is 1.67. The van der Waals surface area contributed by atoms with Crippen molar-refractivity contribution >= 4 is 23.3 Å². The molecule has 2 aromatic carbocycles. The monoisotopic (exact) mass is 282 g/mol. The zero-order valence-electron chi connectivity index (χ0n) is 9.79. The van der Waals surface area contributed by atoms with Gasteiger partial charge in [-0.05, 0) is 29.3 Å². The molecule has 0 heterocycles. The second kappa shape index (κ2) is 5.49. The van der Waals surface area contributed by atoms with Crippen LogP contribution < -0.4 is 0 Å². The van der Waals surface area contributed by atoms with Gasteiger partial charge in [-0.3, -0.25) is 0 Å². The zero-order chi connectivity index (χ0) is 13.9. The lowest BCUT2D eigenvalue weighted by Gasteiger charge is -2.12. The van der Waals surface area contributed by atoms with E-state index in [9.17, 15) is 13.2 Å². The van der Waals surface area contributed by atoms with Crippen LogP contribution in [-0.4, -0.2) is 6.18 Å². The summed E-state index contributed by atoms with van der Waals surface area (Å²) in [5, 5.41) is 0.407. The van der Waals surface area contributed by atoms with Gasteiger partial charge in [0, 0.05) is 5.02 Å². The summed E-state index contributed by atoms with van der Waals surface area (Å²) in [4.78, 5) is 0. The summed E-state index contributed by atoms with van der Waals surface area (Å²) in [5.41, 5.74) is -0.0825. The molecule has 0 saturated heterocycles. The van der Waals surface area contributed by atoms with Gasteiger partial charge in [0.1, 0.15) is 0 Å². The average Bonchev–Trinajstić information content (AvgIpc) is 2.37. The Kier molecular flexibility index (Phi) is 3.96. The van der Waals surface area contributed by atoms with Crippen molar-refractivity contribution in [1.82, 2.24) is 0 Å². The summed E-state index contributed by atoms with van der Waals surface area (Å²) < 4.78 is 39.3. The van der Waals surface area contributed by atoms with Crippen molar-refractivity contribution in [2.45, 2.75) is 6.18 Å². The van der Waals surface area contributed by atoms with Gasteiger partial charge in [-0.25, -0.2) is 0 Å². The molecule has 0 aliphatic heterocycles. The fourth-order valence-corrected chi connectivity index (χ4v) is 1.80. The number of benzene rings is 2. The fraction of sp³-hybridized carbons (Fsp3) is 0.0667. The van der Waals surface area contributed by atoms with Crippen LogP contribution in [0.4, 0.5) is 13.2 Å². The molecule has 0 aliphatic rings. The Morgan fingerprint density at radius 1 is 0.895 bits per heavy atom. The number of hydrogen-bond acceptors (Lipinski definition) is 0. The molecule has 0 aromatic heterocycles. The van der Waals surface area contributed by atoms with Crippen LogP contribution in [-0.2, 0) is 0 Å². The summed E-state index contributed by atoms with van der Waals surface area (Å²) in [6, 6.07) is 14.0. The Morgan fingerprint density at radius 2 is 1.47 bits per heavy atom. The summed E-state index contributed by atoms with van der Waals surface area (Å²) in [7, 11) is 0. The van der Waals surface area contributed by atoms with E-state index in [2.05, 4.69) is 0 Å². The Bertz CT molecular complexity index is 569. The highest BCUT2D eigenvalue weighted by Gasteiger charge is 2.34. The summed E-state index contributed by atoms with van der Waals surface area (Å²) in [6.45, 7) is 0. The Hall–Kier alpha value is -1.74. The van der Waals surface area contributed by atoms with E-state index >= 15 is 0 Å². The van der Waals surface area contributed by atoms with Crippen molar-refractivity contribution in [3.63, 3.8) is 0 Å². The first-order chi connectivity index (χ1) is 8.97. The minimum Gasteiger partial charge on any atom is -0.166 e. The molecule has 0 aliphatic carbocycles. The Balaban J connectivity index is 2.48. The summed E-state index contributed by atoms with van der Waals surface area (Å²) >= 11 is 5.69. The normalized spacial score (nSPS) is 12.5. The van der Waals surface area contributed by atoms with Gasteiger partial charge < -0.3 is 0 Å². The number of rotatable bonds is 2. The molecule has 2 aromatic rings. The predicted molar refractivity (Wildman–Crippen MR) is 71.8 cm³/mol. The van der Waals surface area contributed by atoms with Crippen molar-refractivity contribution in [2.24, 2.45) is 0 Å².